The normalized spacial score (nSPS) is 16.3. The lowest BCUT2D eigenvalue weighted by molar-refractivity contribution is -0.137. The average molecular weight is 303 g/mol. The Morgan fingerprint density at radius 3 is 3.05 bits per heavy atom. The van der Waals surface area contributed by atoms with Gasteiger partial charge in [0, 0.05) is 6.20 Å². The number of hydrogen-bond donors (Lipinski definition) is 2. The number of rotatable bonds is 4. The molecule has 2 N–H and O–H groups in total. The van der Waals surface area contributed by atoms with Crippen molar-refractivity contribution >= 4 is 17.6 Å². The predicted octanol–water partition coefficient (Wildman–Crippen LogP) is 1.78. The number of benzene rings is 1. The van der Waals surface area contributed by atoms with Gasteiger partial charge in [0.2, 0.25) is 5.91 Å². The summed E-state index contributed by atoms with van der Waals surface area (Å²) in [5.41, 5.74) is 2.15. The van der Waals surface area contributed by atoms with Crippen LogP contribution in [0.2, 0.25) is 0 Å². The molecule has 0 aliphatic heterocycles. The van der Waals surface area contributed by atoms with E-state index in [1.165, 1.54) is 29.2 Å². The SMILES string of the molecule is O=C(O)Cn1cc(NC(=O)C2CCc3cc(F)ccc32)cn1. The van der Waals surface area contributed by atoms with E-state index in [0.717, 1.165) is 11.1 Å². The molecule has 7 heteroatoms. The Bertz CT molecular complexity index is 741. The Hall–Kier alpha value is -2.70. The van der Waals surface area contributed by atoms with Gasteiger partial charge in [0.25, 0.3) is 0 Å². The molecule has 1 atom stereocenters. The summed E-state index contributed by atoms with van der Waals surface area (Å²) in [6.45, 7) is -0.262. The Labute approximate surface area is 125 Å². The fraction of sp³-hybridized carbons (Fsp3) is 0.267. The Morgan fingerprint density at radius 1 is 1.45 bits per heavy atom. The van der Waals surface area contributed by atoms with Crippen molar-refractivity contribution < 1.29 is 19.1 Å². The lowest BCUT2D eigenvalue weighted by Gasteiger charge is -2.11. The van der Waals surface area contributed by atoms with Gasteiger partial charge in [0.15, 0.2) is 0 Å². The standard InChI is InChI=1S/C15H14FN3O3/c16-10-2-4-12-9(5-10)1-3-13(12)15(22)18-11-6-17-19(7-11)8-14(20)21/h2,4-7,13H,1,3,8H2,(H,18,22)(H,20,21). The third-order valence-electron chi connectivity index (χ3n) is 3.70. The highest BCUT2D eigenvalue weighted by molar-refractivity contribution is 5.96. The lowest BCUT2D eigenvalue weighted by atomic mass is 10.0. The van der Waals surface area contributed by atoms with Gasteiger partial charge in [-0.25, -0.2) is 4.39 Å². The number of fused-ring (bicyclic) bond motifs is 1. The predicted molar refractivity (Wildman–Crippen MR) is 76.0 cm³/mol. The molecule has 0 radical (unpaired) electrons. The molecule has 1 heterocycles. The molecule has 1 unspecified atom stereocenters. The number of aryl methyl sites for hydroxylation is 1. The van der Waals surface area contributed by atoms with E-state index < -0.39 is 5.97 Å². The third kappa shape index (κ3) is 2.83. The number of carbonyl (C=O) groups excluding carboxylic acids is 1. The fourth-order valence-electron chi connectivity index (χ4n) is 2.74. The van der Waals surface area contributed by atoms with E-state index in [-0.39, 0.29) is 24.2 Å². The van der Waals surface area contributed by atoms with Crippen molar-refractivity contribution in [3.8, 4) is 0 Å². The van der Waals surface area contributed by atoms with Crippen LogP contribution in [0.15, 0.2) is 30.6 Å². The van der Waals surface area contributed by atoms with Crippen LogP contribution in [0.4, 0.5) is 10.1 Å². The summed E-state index contributed by atoms with van der Waals surface area (Å²) in [7, 11) is 0. The largest absolute Gasteiger partial charge is 0.480 e. The summed E-state index contributed by atoms with van der Waals surface area (Å²) in [4.78, 5) is 22.9. The van der Waals surface area contributed by atoms with Crippen molar-refractivity contribution in [1.29, 1.82) is 0 Å². The Balaban J connectivity index is 1.71. The molecule has 1 aliphatic carbocycles. The molecule has 0 fully saturated rings. The minimum atomic E-state index is -1.01. The summed E-state index contributed by atoms with van der Waals surface area (Å²) < 4.78 is 14.4. The Morgan fingerprint density at radius 2 is 2.27 bits per heavy atom. The number of hydrogen-bond acceptors (Lipinski definition) is 3. The summed E-state index contributed by atoms with van der Waals surface area (Å²) in [6, 6.07) is 4.47. The molecular formula is C15H14FN3O3. The maximum atomic E-state index is 13.2. The van der Waals surface area contributed by atoms with E-state index in [0.29, 0.717) is 18.5 Å². The maximum absolute atomic E-state index is 13.2. The molecule has 3 rings (SSSR count). The molecule has 1 aromatic heterocycles. The summed E-state index contributed by atoms with van der Waals surface area (Å²) >= 11 is 0. The molecule has 1 aliphatic rings. The first-order chi connectivity index (χ1) is 10.5. The highest BCUT2D eigenvalue weighted by Gasteiger charge is 2.29. The molecule has 0 saturated heterocycles. The molecule has 114 valence electrons. The first-order valence-electron chi connectivity index (χ1n) is 6.86. The number of nitrogens with zero attached hydrogens (tertiary/aromatic N) is 2. The van der Waals surface area contributed by atoms with Gasteiger partial charge in [-0.1, -0.05) is 6.07 Å². The Kier molecular flexibility index (Phi) is 3.62. The van der Waals surface area contributed by atoms with Gasteiger partial charge < -0.3 is 10.4 Å². The van der Waals surface area contributed by atoms with Gasteiger partial charge in [-0.2, -0.15) is 5.10 Å². The molecule has 1 amide bonds. The second kappa shape index (κ2) is 5.59. The van der Waals surface area contributed by atoms with Gasteiger partial charge >= 0.3 is 5.97 Å². The molecule has 6 nitrogen and oxygen atoms in total. The number of nitrogens with one attached hydrogen (secondary N) is 1. The molecular weight excluding hydrogens is 289 g/mol. The summed E-state index contributed by atoms with van der Waals surface area (Å²) in [6.07, 6.45) is 4.17. The van der Waals surface area contributed by atoms with Gasteiger partial charge in [-0.15, -0.1) is 0 Å². The number of anilines is 1. The van der Waals surface area contributed by atoms with Crippen molar-refractivity contribution in [1.82, 2.24) is 9.78 Å². The molecule has 0 bridgehead atoms. The third-order valence-corrected chi connectivity index (χ3v) is 3.70. The zero-order chi connectivity index (χ0) is 15.7. The number of aromatic nitrogens is 2. The number of carboxylic acid groups (broad SMARTS) is 1. The van der Waals surface area contributed by atoms with Crippen LogP contribution in [0.5, 0.6) is 0 Å². The quantitative estimate of drug-likeness (QED) is 0.901. The van der Waals surface area contributed by atoms with E-state index in [2.05, 4.69) is 10.4 Å². The van der Waals surface area contributed by atoms with Crippen LogP contribution in [0.3, 0.4) is 0 Å². The van der Waals surface area contributed by atoms with Crippen LogP contribution in [0, 0.1) is 5.82 Å². The minimum absolute atomic E-state index is 0.194. The second-order valence-electron chi connectivity index (χ2n) is 5.24. The topological polar surface area (TPSA) is 84.2 Å². The minimum Gasteiger partial charge on any atom is -0.480 e. The molecule has 22 heavy (non-hydrogen) atoms. The van der Waals surface area contributed by atoms with Gasteiger partial charge in [-0.3, -0.25) is 14.3 Å². The lowest BCUT2D eigenvalue weighted by Crippen LogP contribution is -2.19. The highest BCUT2D eigenvalue weighted by atomic mass is 19.1. The smallest absolute Gasteiger partial charge is 0.325 e. The van der Waals surface area contributed by atoms with E-state index in [1.807, 2.05) is 0 Å². The fourth-order valence-corrected chi connectivity index (χ4v) is 2.74. The van der Waals surface area contributed by atoms with Crippen LogP contribution in [-0.2, 0) is 22.6 Å². The summed E-state index contributed by atoms with van der Waals surface area (Å²) in [5, 5.41) is 15.3. The van der Waals surface area contributed by atoms with E-state index in [1.54, 1.807) is 6.07 Å². The van der Waals surface area contributed by atoms with Crippen LogP contribution >= 0.6 is 0 Å². The molecule has 0 spiro atoms. The number of carbonyl (C=O) groups is 2. The molecule has 1 aromatic carbocycles. The molecule has 0 saturated carbocycles. The van der Waals surface area contributed by atoms with Gasteiger partial charge in [0.05, 0.1) is 17.8 Å². The van der Waals surface area contributed by atoms with Gasteiger partial charge in [-0.05, 0) is 36.1 Å². The van der Waals surface area contributed by atoms with Crippen LogP contribution in [0.1, 0.15) is 23.5 Å². The van der Waals surface area contributed by atoms with Crippen molar-refractivity contribution in [2.24, 2.45) is 0 Å². The number of carboxylic acids is 1. The molecule has 2 aromatic rings. The maximum Gasteiger partial charge on any atom is 0.325 e. The van der Waals surface area contributed by atoms with E-state index >= 15 is 0 Å². The first kappa shape index (κ1) is 14.2. The summed E-state index contributed by atoms with van der Waals surface area (Å²) in [5.74, 6) is -1.82. The van der Waals surface area contributed by atoms with Crippen molar-refractivity contribution in [3.05, 3.63) is 47.5 Å². The van der Waals surface area contributed by atoms with Crippen molar-refractivity contribution in [3.63, 3.8) is 0 Å². The van der Waals surface area contributed by atoms with Crippen LogP contribution < -0.4 is 5.32 Å². The van der Waals surface area contributed by atoms with E-state index in [4.69, 9.17) is 5.11 Å². The van der Waals surface area contributed by atoms with E-state index in [9.17, 15) is 14.0 Å². The zero-order valence-corrected chi connectivity index (χ0v) is 11.6. The van der Waals surface area contributed by atoms with Crippen molar-refractivity contribution in [2.75, 3.05) is 5.32 Å². The first-order valence-corrected chi connectivity index (χ1v) is 6.86. The number of aliphatic carboxylic acids is 1. The average Bonchev–Trinajstić information content (AvgIpc) is 3.04. The zero-order valence-electron chi connectivity index (χ0n) is 11.6. The number of halogens is 1. The van der Waals surface area contributed by atoms with Crippen LogP contribution in [0.25, 0.3) is 0 Å². The van der Waals surface area contributed by atoms with Gasteiger partial charge in [0.1, 0.15) is 12.4 Å². The second-order valence-corrected chi connectivity index (χ2v) is 5.24. The highest BCUT2D eigenvalue weighted by Crippen LogP contribution is 2.34. The number of amides is 1. The monoisotopic (exact) mass is 303 g/mol. The van der Waals surface area contributed by atoms with Crippen molar-refractivity contribution in [2.45, 2.75) is 25.3 Å². The van der Waals surface area contributed by atoms with Crippen LogP contribution in [-0.4, -0.2) is 26.8 Å².